The number of aryl methyl sites for hydroxylation is 1. The maximum Gasteiger partial charge on any atom is 0.0937 e. The van der Waals surface area contributed by atoms with Crippen molar-refractivity contribution in [1.82, 2.24) is 20.1 Å². The Kier molecular flexibility index (Phi) is 4.22. The molecule has 0 aliphatic rings. The average molecular weight is 279 g/mol. The molecule has 2 heterocycles. The van der Waals surface area contributed by atoms with Crippen molar-refractivity contribution in [1.29, 1.82) is 0 Å². The average Bonchev–Trinajstić information content (AvgIpc) is 2.75. The second-order valence-corrected chi connectivity index (χ2v) is 5.25. The SMILES string of the molecule is CNC(c1ncccc1C)c1c(Cl)cnn1C(C)C. The Morgan fingerprint density at radius 1 is 1.37 bits per heavy atom. The number of nitrogens with one attached hydrogen (secondary N) is 1. The summed E-state index contributed by atoms with van der Waals surface area (Å²) in [6.07, 6.45) is 3.50. The Hall–Kier alpha value is -1.39. The minimum Gasteiger partial charge on any atom is -0.307 e. The van der Waals surface area contributed by atoms with Crippen molar-refractivity contribution < 1.29 is 0 Å². The second kappa shape index (κ2) is 5.72. The number of hydrogen-bond acceptors (Lipinski definition) is 3. The van der Waals surface area contributed by atoms with Crippen LogP contribution < -0.4 is 5.32 Å². The standard InChI is InChI=1S/C14H19ClN4/c1-9(2)19-14(11(15)8-18-19)13(16-4)12-10(3)6-5-7-17-12/h5-9,13,16H,1-4H3. The Balaban J connectivity index is 2.55. The highest BCUT2D eigenvalue weighted by molar-refractivity contribution is 6.31. The molecule has 19 heavy (non-hydrogen) atoms. The summed E-state index contributed by atoms with van der Waals surface area (Å²) in [5.41, 5.74) is 3.07. The van der Waals surface area contributed by atoms with E-state index in [1.54, 1.807) is 12.4 Å². The number of rotatable bonds is 4. The van der Waals surface area contributed by atoms with E-state index < -0.39 is 0 Å². The third kappa shape index (κ3) is 2.65. The zero-order valence-electron chi connectivity index (χ0n) is 11.7. The van der Waals surface area contributed by atoms with Crippen molar-refractivity contribution in [3.63, 3.8) is 0 Å². The van der Waals surface area contributed by atoms with E-state index in [1.165, 1.54) is 0 Å². The molecule has 0 saturated carbocycles. The van der Waals surface area contributed by atoms with Crippen LogP contribution in [0, 0.1) is 6.92 Å². The molecule has 0 aliphatic heterocycles. The predicted octanol–water partition coefficient (Wildman–Crippen LogP) is 3.13. The normalized spacial score (nSPS) is 12.9. The molecule has 1 N–H and O–H groups in total. The van der Waals surface area contributed by atoms with E-state index in [0.29, 0.717) is 5.02 Å². The highest BCUT2D eigenvalue weighted by Gasteiger charge is 2.24. The van der Waals surface area contributed by atoms with Gasteiger partial charge < -0.3 is 5.32 Å². The highest BCUT2D eigenvalue weighted by atomic mass is 35.5. The van der Waals surface area contributed by atoms with Crippen LogP contribution >= 0.6 is 11.6 Å². The van der Waals surface area contributed by atoms with Gasteiger partial charge in [0, 0.05) is 12.2 Å². The summed E-state index contributed by atoms with van der Waals surface area (Å²) in [6.45, 7) is 6.23. The van der Waals surface area contributed by atoms with E-state index in [0.717, 1.165) is 17.0 Å². The van der Waals surface area contributed by atoms with Gasteiger partial charge in [0.25, 0.3) is 0 Å². The van der Waals surface area contributed by atoms with E-state index in [1.807, 2.05) is 17.8 Å². The summed E-state index contributed by atoms with van der Waals surface area (Å²) >= 11 is 6.31. The smallest absolute Gasteiger partial charge is 0.0937 e. The van der Waals surface area contributed by atoms with Crippen molar-refractivity contribution in [3.05, 3.63) is 46.5 Å². The predicted molar refractivity (Wildman–Crippen MR) is 77.5 cm³/mol. The van der Waals surface area contributed by atoms with Gasteiger partial charge in [-0.25, -0.2) is 0 Å². The summed E-state index contributed by atoms with van der Waals surface area (Å²) in [5, 5.41) is 8.31. The lowest BCUT2D eigenvalue weighted by atomic mass is 10.0. The molecule has 4 nitrogen and oxygen atoms in total. The maximum absolute atomic E-state index is 6.31. The molecule has 0 saturated heterocycles. The molecule has 1 unspecified atom stereocenters. The second-order valence-electron chi connectivity index (χ2n) is 4.84. The summed E-state index contributed by atoms with van der Waals surface area (Å²) in [5.74, 6) is 0. The highest BCUT2D eigenvalue weighted by Crippen LogP contribution is 2.30. The minimum absolute atomic E-state index is 0.0569. The van der Waals surface area contributed by atoms with Gasteiger partial charge in [0.15, 0.2) is 0 Å². The topological polar surface area (TPSA) is 42.7 Å². The Morgan fingerprint density at radius 3 is 2.68 bits per heavy atom. The van der Waals surface area contributed by atoms with Gasteiger partial charge in [0.1, 0.15) is 0 Å². The van der Waals surface area contributed by atoms with Crippen LogP contribution in [0.1, 0.15) is 42.9 Å². The van der Waals surface area contributed by atoms with Gasteiger partial charge in [-0.2, -0.15) is 5.10 Å². The molecule has 0 aliphatic carbocycles. The lowest BCUT2D eigenvalue weighted by molar-refractivity contribution is 0.480. The quantitative estimate of drug-likeness (QED) is 0.934. The molecule has 0 radical (unpaired) electrons. The van der Waals surface area contributed by atoms with Gasteiger partial charge in [-0.15, -0.1) is 0 Å². The van der Waals surface area contributed by atoms with Crippen LogP contribution in [0.2, 0.25) is 5.02 Å². The molecule has 0 fully saturated rings. The molecule has 2 rings (SSSR count). The molecule has 0 amide bonds. The largest absolute Gasteiger partial charge is 0.307 e. The van der Waals surface area contributed by atoms with Crippen LogP contribution in [-0.2, 0) is 0 Å². The number of nitrogens with zero attached hydrogens (tertiary/aromatic N) is 3. The van der Waals surface area contributed by atoms with Crippen LogP contribution in [0.4, 0.5) is 0 Å². The van der Waals surface area contributed by atoms with E-state index in [4.69, 9.17) is 11.6 Å². The molecule has 5 heteroatoms. The summed E-state index contributed by atoms with van der Waals surface area (Å²) in [6, 6.07) is 4.18. The van der Waals surface area contributed by atoms with Crippen molar-refractivity contribution in [2.45, 2.75) is 32.9 Å². The third-order valence-electron chi connectivity index (χ3n) is 3.16. The first-order valence-corrected chi connectivity index (χ1v) is 6.75. The van der Waals surface area contributed by atoms with Crippen LogP contribution in [-0.4, -0.2) is 21.8 Å². The fraction of sp³-hybridized carbons (Fsp3) is 0.429. The fourth-order valence-electron chi connectivity index (χ4n) is 2.24. The maximum atomic E-state index is 6.31. The number of pyridine rings is 1. The van der Waals surface area contributed by atoms with Crippen LogP contribution in [0.5, 0.6) is 0 Å². The van der Waals surface area contributed by atoms with E-state index >= 15 is 0 Å². The molecule has 102 valence electrons. The fourth-order valence-corrected chi connectivity index (χ4v) is 2.47. The lowest BCUT2D eigenvalue weighted by Crippen LogP contribution is -2.24. The van der Waals surface area contributed by atoms with Crippen molar-refractivity contribution >= 4 is 11.6 Å². The first-order valence-electron chi connectivity index (χ1n) is 6.38. The Bertz CT molecular complexity index is 562. The summed E-state index contributed by atoms with van der Waals surface area (Å²) in [7, 11) is 1.91. The molecule has 0 aromatic carbocycles. The molecule has 2 aromatic rings. The number of halogens is 1. The molecule has 1 atom stereocenters. The van der Waals surface area contributed by atoms with Gasteiger partial charge in [-0.05, 0) is 39.4 Å². The Morgan fingerprint density at radius 2 is 2.11 bits per heavy atom. The van der Waals surface area contributed by atoms with Gasteiger partial charge in [0.2, 0.25) is 0 Å². The summed E-state index contributed by atoms with van der Waals surface area (Å²) < 4.78 is 1.94. The number of aromatic nitrogens is 3. The van der Waals surface area contributed by atoms with Gasteiger partial charge in [-0.3, -0.25) is 9.67 Å². The molecule has 2 aromatic heterocycles. The number of hydrogen-bond donors (Lipinski definition) is 1. The van der Waals surface area contributed by atoms with Crippen molar-refractivity contribution in [2.75, 3.05) is 7.05 Å². The lowest BCUT2D eigenvalue weighted by Gasteiger charge is -2.21. The van der Waals surface area contributed by atoms with E-state index in [9.17, 15) is 0 Å². The monoisotopic (exact) mass is 278 g/mol. The molecule has 0 spiro atoms. The van der Waals surface area contributed by atoms with Gasteiger partial charge >= 0.3 is 0 Å². The zero-order chi connectivity index (χ0) is 14.0. The van der Waals surface area contributed by atoms with Gasteiger partial charge in [-0.1, -0.05) is 17.7 Å². The zero-order valence-corrected chi connectivity index (χ0v) is 12.4. The van der Waals surface area contributed by atoms with Crippen molar-refractivity contribution in [2.24, 2.45) is 0 Å². The van der Waals surface area contributed by atoms with Crippen LogP contribution in [0.3, 0.4) is 0 Å². The molecule has 0 bridgehead atoms. The first-order chi connectivity index (χ1) is 9.06. The summed E-state index contributed by atoms with van der Waals surface area (Å²) in [4.78, 5) is 4.48. The van der Waals surface area contributed by atoms with Gasteiger partial charge in [0.05, 0.1) is 28.6 Å². The molecular formula is C14H19ClN4. The first kappa shape index (κ1) is 14.0. The van der Waals surface area contributed by atoms with E-state index in [2.05, 4.69) is 42.2 Å². The van der Waals surface area contributed by atoms with Crippen molar-refractivity contribution in [3.8, 4) is 0 Å². The Labute approximate surface area is 118 Å². The minimum atomic E-state index is -0.0569. The van der Waals surface area contributed by atoms with Crippen LogP contribution in [0.15, 0.2) is 24.5 Å². The third-order valence-corrected chi connectivity index (χ3v) is 3.45. The van der Waals surface area contributed by atoms with E-state index in [-0.39, 0.29) is 12.1 Å². The van der Waals surface area contributed by atoms with Crippen LogP contribution in [0.25, 0.3) is 0 Å². The molecular weight excluding hydrogens is 260 g/mol.